The number of amides is 1. The van der Waals surface area contributed by atoms with Gasteiger partial charge in [0.1, 0.15) is 0 Å². The molecule has 0 fully saturated rings. The van der Waals surface area contributed by atoms with E-state index in [-0.39, 0.29) is 12.3 Å². The lowest BCUT2D eigenvalue weighted by atomic mass is 10.2. The van der Waals surface area contributed by atoms with Crippen molar-refractivity contribution in [2.24, 2.45) is 11.5 Å². The molecule has 1 aromatic rings. The van der Waals surface area contributed by atoms with Crippen LogP contribution in [-0.2, 0) is 11.3 Å². The first kappa shape index (κ1) is 10.7. The first-order valence-electron chi connectivity index (χ1n) is 4.41. The number of rotatable bonds is 4. The monoisotopic (exact) mass is 192 g/mol. The maximum Gasteiger partial charge on any atom is 0.223 e. The SMILES string of the molecule is NC(N)CC(=O)NCc1cc[c]cc1. The van der Waals surface area contributed by atoms with Crippen LogP contribution in [0, 0.1) is 6.07 Å². The largest absolute Gasteiger partial charge is 0.352 e. The summed E-state index contributed by atoms with van der Waals surface area (Å²) in [5.41, 5.74) is 11.6. The number of hydrogen-bond donors (Lipinski definition) is 3. The van der Waals surface area contributed by atoms with E-state index in [0.29, 0.717) is 6.54 Å². The molecule has 0 saturated heterocycles. The lowest BCUT2D eigenvalue weighted by molar-refractivity contribution is -0.121. The Labute approximate surface area is 83.3 Å². The molecule has 1 amide bonds. The molecule has 0 aliphatic rings. The quantitative estimate of drug-likeness (QED) is 0.575. The minimum Gasteiger partial charge on any atom is -0.352 e. The molecule has 0 atom stereocenters. The zero-order valence-electron chi connectivity index (χ0n) is 7.86. The molecule has 0 aliphatic heterocycles. The Kier molecular flexibility index (Phi) is 4.10. The average molecular weight is 192 g/mol. The third-order valence-corrected chi connectivity index (χ3v) is 1.70. The van der Waals surface area contributed by atoms with E-state index in [2.05, 4.69) is 11.4 Å². The van der Waals surface area contributed by atoms with Crippen LogP contribution in [0.25, 0.3) is 0 Å². The van der Waals surface area contributed by atoms with E-state index in [1.807, 2.05) is 12.1 Å². The van der Waals surface area contributed by atoms with Crippen molar-refractivity contribution in [3.05, 3.63) is 35.9 Å². The maximum atomic E-state index is 11.1. The molecule has 14 heavy (non-hydrogen) atoms. The van der Waals surface area contributed by atoms with Crippen molar-refractivity contribution in [3.63, 3.8) is 0 Å². The third-order valence-electron chi connectivity index (χ3n) is 1.70. The third kappa shape index (κ3) is 4.02. The fraction of sp³-hybridized carbons (Fsp3) is 0.300. The molecule has 0 spiro atoms. The number of hydrogen-bond acceptors (Lipinski definition) is 3. The zero-order valence-corrected chi connectivity index (χ0v) is 7.86. The molecule has 1 rings (SSSR count). The Balaban J connectivity index is 2.31. The summed E-state index contributed by atoms with van der Waals surface area (Å²) in [5, 5.41) is 2.72. The molecular weight excluding hydrogens is 178 g/mol. The Morgan fingerprint density at radius 3 is 2.64 bits per heavy atom. The topological polar surface area (TPSA) is 81.1 Å². The number of carbonyl (C=O) groups excluding carboxylic acids is 1. The fourth-order valence-corrected chi connectivity index (χ4v) is 1.03. The van der Waals surface area contributed by atoms with E-state index >= 15 is 0 Å². The summed E-state index contributed by atoms with van der Waals surface area (Å²) in [5.74, 6) is -0.132. The molecule has 1 radical (unpaired) electrons. The van der Waals surface area contributed by atoms with Gasteiger partial charge in [-0.2, -0.15) is 0 Å². The van der Waals surface area contributed by atoms with Crippen molar-refractivity contribution in [1.29, 1.82) is 0 Å². The summed E-state index contributed by atoms with van der Waals surface area (Å²) in [7, 11) is 0. The summed E-state index contributed by atoms with van der Waals surface area (Å²) in [6, 6.07) is 10.3. The summed E-state index contributed by atoms with van der Waals surface area (Å²) in [6.45, 7) is 0.500. The predicted molar refractivity (Wildman–Crippen MR) is 53.9 cm³/mol. The summed E-state index contributed by atoms with van der Waals surface area (Å²) in [6.07, 6.45) is -0.432. The van der Waals surface area contributed by atoms with Crippen LogP contribution in [0.4, 0.5) is 0 Å². The summed E-state index contributed by atoms with van der Waals surface area (Å²) < 4.78 is 0. The van der Waals surface area contributed by atoms with Gasteiger partial charge in [-0.3, -0.25) is 4.79 Å². The first-order valence-corrected chi connectivity index (χ1v) is 4.41. The first-order chi connectivity index (χ1) is 6.68. The maximum absolute atomic E-state index is 11.1. The van der Waals surface area contributed by atoms with Gasteiger partial charge >= 0.3 is 0 Å². The Morgan fingerprint density at radius 1 is 1.43 bits per heavy atom. The second-order valence-corrected chi connectivity index (χ2v) is 3.05. The van der Waals surface area contributed by atoms with Crippen LogP contribution < -0.4 is 16.8 Å². The van der Waals surface area contributed by atoms with Gasteiger partial charge in [0.15, 0.2) is 0 Å². The van der Waals surface area contributed by atoms with Crippen molar-refractivity contribution < 1.29 is 4.79 Å². The lowest BCUT2D eigenvalue weighted by Crippen LogP contribution is -2.37. The van der Waals surface area contributed by atoms with E-state index < -0.39 is 6.17 Å². The van der Waals surface area contributed by atoms with Crippen LogP contribution in [0.3, 0.4) is 0 Å². The van der Waals surface area contributed by atoms with Crippen molar-refractivity contribution in [2.45, 2.75) is 19.1 Å². The highest BCUT2D eigenvalue weighted by molar-refractivity contribution is 5.76. The van der Waals surface area contributed by atoms with Crippen LogP contribution in [0.5, 0.6) is 0 Å². The van der Waals surface area contributed by atoms with E-state index in [4.69, 9.17) is 11.5 Å². The van der Waals surface area contributed by atoms with Gasteiger partial charge in [-0.25, -0.2) is 0 Å². The van der Waals surface area contributed by atoms with Crippen molar-refractivity contribution in [3.8, 4) is 0 Å². The number of nitrogens with one attached hydrogen (secondary N) is 1. The van der Waals surface area contributed by atoms with E-state index in [1.165, 1.54) is 0 Å². The highest BCUT2D eigenvalue weighted by atomic mass is 16.1. The van der Waals surface area contributed by atoms with Gasteiger partial charge in [0.25, 0.3) is 0 Å². The Bertz CT molecular complexity index is 285. The normalized spacial score (nSPS) is 10.2. The van der Waals surface area contributed by atoms with E-state index in [9.17, 15) is 4.79 Å². The molecular formula is C10H14N3O. The average Bonchev–Trinajstić information content (AvgIpc) is 2.15. The second-order valence-electron chi connectivity index (χ2n) is 3.05. The van der Waals surface area contributed by atoms with Gasteiger partial charge < -0.3 is 16.8 Å². The summed E-state index contributed by atoms with van der Waals surface area (Å²) in [4.78, 5) is 11.1. The van der Waals surface area contributed by atoms with Crippen molar-refractivity contribution in [2.75, 3.05) is 0 Å². The Morgan fingerprint density at radius 2 is 2.07 bits per heavy atom. The minimum absolute atomic E-state index is 0.132. The molecule has 4 nitrogen and oxygen atoms in total. The molecule has 1 aromatic carbocycles. The highest BCUT2D eigenvalue weighted by Crippen LogP contribution is 1.96. The Hall–Kier alpha value is -1.39. The van der Waals surface area contributed by atoms with Crippen LogP contribution in [-0.4, -0.2) is 12.1 Å². The van der Waals surface area contributed by atoms with Gasteiger partial charge in [-0.1, -0.05) is 24.3 Å². The highest BCUT2D eigenvalue weighted by Gasteiger charge is 2.03. The van der Waals surface area contributed by atoms with Gasteiger partial charge in [-0.05, 0) is 11.6 Å². The van der Waals surface area contributed by atoms with Crippen LogP contribution in [0.2, 0.25) is 0 Å². The van der Waals surface area contributed by atoms with Gasteiger partial charge in [0.05, 0.1) is 12.6 Å². The van der Waals surface area contributed by atoms with Crippen molar-refractivity contribution in [1.82, 2.24) is 5.32 Å². The fourth-order valence-electron chi connectivity index (χ4n) is 1.03. The van der Waals surface area contributed by atoms with E-state index in [0.717, 1.165) is 5.56 Å². The van der Waals surface area contributed by atoms with Gasteiger partial charge in [0, 0.05) is 6.54 Å². The number of carbonyl (C=O) groups is 1. The zero-order chi connectivity index (χ0) is 10.4. The molecule has 5 N–H and O–H groups in total. The van der Waals surface area contributed by atoms with Crippen LogP contribution >= 0.6 is 0 Å². The second kappa shape index (κ2) is 5.36. The molecule has 0 aromatic heterocycles. The van der Waals surface area contributed by atoms with Crippen molar-refractivity contribution >= 4 is 5.91 Å². The number of nitrogens with two attached hydrogens (primary N) is 2. The van der Waals surface area contributed by atoms with Gasteiger partial charge in [-0.15, -0.1) is 0 Å². The molecule has 0 bridgehead atoms. The smallest absolute Gasteiger partial charge is 0.223 e. The lowest BCUT2D eigenvalue weighted by Gasteiger charge is -2.06. The molecule has 75 valence electrons. The number of benzene rings is 1. The van der Waals surface area contributed by atoms with E-state index in [1.54, 1.807) is 12.1 Å². The molecule has 0 aliphatic carbocycles. The minimum atomic E-state index is -0.584. The van der Waals surface area contributed by atoms with Crippen LogP contribution in [0.1, 0.15) is 12.0 Å². The molecule has 0 unspecified atom stereocenters. The summed E-state index contributed by atoms with van der Waals surface area (Å²) >= 11 is 0. The standard InChI is InChI=1S/C10H14N3O/c11-9(12)6-10(14)13-7-8-4-2-1-3-5-8/h2-5,9H,6-7,11-12H2,(H,13,14). The molecule has 4 heteroatoms. The molecule has 0 heterocycles. The van der Waals surface area contributed by atoms with Gasteiger partial charge in [0.2, 0.25) is 5.91 Å². The molecule has 0 saturated carbocycles. The predicted octanol–water partition coefficient (Wildman–Crippen LogP) is -0.263. The van der Waals surface area contributed by atoms with Crippen LogP contribution in [0.15, 0.2) is 24.3 Å².